The third-order valence-corrected chi connectivity index (χ3v) is 6.36. The van der Waals surface area contributed by atoms with E-state index in [9.17, 15) is 14.7 Å². The van der Waals surface area contributed by atoms with Crippen LogP contribution < -0.4 is 0 Å². The first kappa shape index (κ1) is 28.8. The summed E-state index contributed by atoms with van der Waals surface area (Å²) < 4.78 is 5.28. The average molecular weight is 457 g/mol. The van der Waals surface area contributed by atoms with Crippen molar-refractivity contribution in [3.05, 3.63) is 59.8 Å². The van der Waals surface area contributed by atoms with E-state index in [1.807, 2.05) is 52.8 Å². The van der Waals surface area contributed by atoms with E-state index in [0.29, 0.717) is 5.92 Å². The van der Waals surface area contributed by atoms with Crippen molar-refractivity contribution in [2.75, 3.05) is 0 Å². The van der Waals surface area contributed by atoms with Crippen molar-refractivity contribution in [3.63, 3.8) is 0 Å². The Bertz CT molecular complexity index is 783. The maximum absolute atomic E-state index is 12.7. The van der Waals surface area contributed by atoms with Crippen molar-refractivity contribution in [1.29, 1.82) is 0 Å². The van der Waals surface area contributed by atoms with Gasteiger partial charge in [0.1, 0.15) is 11.9 Å². The number of aliphatic hydroxyl groups excluding tert-OH is 1. The fourth-order valence-corrected chi connectivity index (χ4v) is 3.93. The van der Waals surface area contributed by atoms with Gasteiger partial charge in [-0.1, -0.05) is 95.6 Å². The molecule has 4 nitrogen and oxygen atoms in total. The highest BCUT2D eigenvalue weighted by Crippen LogP contribution is 2.21. The highest BCUT2D eigenvalue weighted by Gasteiger charge is 2.28. The Labute approximate surface area is 201 Å². The number of carbonyl (C=O) groups is 2. The molecule has 0 saturated heterocycles. The lowest BCUT2D eigenvalue weighted by atomic mass is 9.84. The fourth-order valence-electron chi connectivity index (χ4n) is 3.93. The summed E-state index contributed by atoms with van der Waals surface area (Å²) in [5.74, 6) is -0.286. The zero-order valence-electron chi connectivity index (χ0n) is 21.6. The molecule has 1 unspecified atom stereocenters. The molecule has 0 spiro atoms. The molecule has 1 aliphatic rings. The molecule has 1 N–H and O–H groups in total. The van der Waals surface area contributed by atoms with Crippen molar-refractivity contribution in [1.82, 2.24) is 0 Å². The molecule has 0 amide bonds. The Morgan fingerprint density at radius 2 is 1.88 bits per heavy atom. The van der Waals surface area contributed by atoms with Gasteiger partial charge in [0.15, 0.2) is 0 Å². The van der Waals surface area contributed by atoms with Crippen molar-refractivity contribution in [2.45, 2.75) is 86.4 Å². The van der Waals surface area contributed by atoms with Crippen LogP contribution in [0.1, 0.15) is 74.1 Å². The predicted octanol–water partition coefficient (Wildman–Crippen LogP) is 6.53. The van der Waals surface area contributed by atoms with Crippen LogP contribution in [-0.2, 0) is 14.3 Å². The van der Waals surface area contributed by atoms with E-state index in [0.717, 1.165) is 31.3 Å². The Balaban J connectivity index is 2.63. The van der Waals surface area contributed by atoms with Crippen LogP contribution in [-0.4, -0.2) is 29.1 Å². The van der Waals surface area contributed by atoms with Crippen LogP contribution in [0.2, 0.25) is 0 Å². The van der Waals surface area contributed by atoms with Crippen molar-refractivity contribution < 1.29 is 19.4 Å². The average Bonchev–Trinajstić information content (AvgIpc) is 2.79. The van der Waals surface area contributed by atoms with E-state index < -0.39 is 6.10 Å². The van der Waals surface area contributed by atoms with Crippen LogP contribution >= 0.6 is 0 Å². The summed E-state index contributed by atoms with van der Waals surface area (Å²) >= 11 is 0. The summed E-state index contributed by atoms with van der Waals surface area (Å²) in [5, 5.41) is 10.4. The van der Waals surface area contributed by atoms with Crippen LogP contribution in [0.3, 0.4) is 0 Å². The number of cyclic esters (lactones) is 1. The maximum atomic E-state index is 12.7. The third-order valence-electron chi connectivity index (χ3n) is 6.36. The first-order valence-electron chi connectivity index (χ1n) is 12.4. The molecule has 0 aromatic heterocycles. The minimum Gasteiger partial charge on any atom is -0.455 e. The normalized spacial score (nSPS) is 22.3. The van der Waals surface area contributed by atoms with Gasteiger partial charge in [-0.15, -0.1) is 0 Å². The van der Waals surface area contributed by atoms with Crippen LogP contribution in [0.5, 0.6) is 0 Å². The first-order valence-corrected chi connectivity index (χ1v) is 12.4. The monoisotopic (exact) mass is 456 g/mol. The Morgan fingerprint density at radius 1 is 1.18 bits per heavy atom. The van der Waals surface area contributed by atoms with Gasteiger partial charge < -0.3 is 9.84 Å². The standard InChI is InChI=1S/C29H44O4/c1-8-22(5)28(31)24(7)29(32)23(6)18-20(3)12-10-13-21(4)19-25(9-2)16-17-26-14-11-15-27(30)33-26/h10-12,15-19,21-24,26,28,31H,8-9,13-14H2,1-7H3/b12-10+,17-16+,20-18+,25-19-/t21-,22+,23-,24+,26?,28-/m1/s1. The number of hydrogen-bond donors (Lipinski definition) is 1. The van der Waals surface area contributed by atoms with Crippen LogP contribution in [0.25, 0.3) is 0 Å². The largest absolute Gasteiger partial charge is 0.455 e. The second kappa shape index (κ2) is 14.8. The molecular formula is C29H44O4. The molecule has 0 aromatic rings. The minimum absolute atomic E-state index is 0.0883. The van der Waals surface area contributed by atoms with Gasteiger partial charge in [-0.2, -0.15) is 0 Å². The summed E-state index contributed by atoms with van der Waals surface area (Å²) in [6, 6.07) is 0. The van der Waals surface area contributed by atoms with Gasteiger partial charge in [0.05, 0.1) is 6.10 Å². The molecule has 0 aromatic carbocycles. The van der Waals surface area contributed by atoms with Gasteiger partial charge in [-0.05, 0) is 37.7 Å². The number of allylic oxidation sites excluding steroid dienone is 7. The number of carbonyl (C=O) groups excluding carboxylic acids is 2. The van der Waals surface area contributed by atoms with Gasteiger partial charge in [0.2, 0.25) is 0 Å². The van der Waals surface area contributed by atoms with E-state index in [4.69, 9.17) is 4.74 Å². The van der Waals surface area contributed by atoms with Crippen molar-refractivity contribution in [2.24, 2.45) is 23.7 Å². The lowest BCUT2D eigenvalue weighted by molar-refractivity contribution is -0.141. The summed E-state index contributed by atoms with van der Waals surface area (Å²) in [6.07, 6.45) is 18.4. The maximum Gasteiger partial charge on any atom is 0.331 e. The SMILES string of the molecule is CCC(=C/[C@H](C)C/C=C/C(C)=C/[C@@H](C)C(=O)[C@@H](C)[C@H](O)[C@@H](C)CC)/C=C/C1CC=CC(=O)O1. The van der Waals surface area contributed by atoms with Gasteiger partial charge >= 0.3 is 5.97 Å². The highest BCUT2D eigenvalue weighted by atomic mass is 16.5. The summed E-state index contributed by atoms with van der Waals surface area (Å²) in [7, 11) is 0. The van der Waals surface area contributed by atoms with Gasteiger partial charge in [0.25, 0.3) is 0 Å². The van der Waals surface area contributed by atoms with E-state index in [2.05, 4.69) is 38.2 Å². The third kappa shape index (κ3) is 10.5. The van der Waals surface area contributed by atoms with Crippen LogP contribution in [0, 0.1) is 23.7 Å². The summed E-state index contributed by atoms with van der Waals surface area (Å²) in [4.78, 5) is 24.0. The Morgan fingerprint density at radius 3 is 2.48 bits per heavy atom. The van der Waals surface area contributed by atoms with Crippen molar-refractivity contribution in [3.8, 4) is 0 Å². The number of hydrogen-bond acceptors (Lipinski definition) is 4. The van der Waals surface area contributed by atoms with E-state index >= 15 is 0 Å². The smallest absolute Gasteiger partial charge is 0.331 e. The van der Waals surface area contributed by atoms with Gasteiger partial charge in [0, 0.05) is 24.3 Å². The molecule has 33 heavy (non-hydrogen) atoms. The van der Waals surface area contributed by atoms with E-state index in [1.54, 1.807) is 0 Å². The molecule has 6 atom stereocenters. The quantitative estimate of drug-likeness (QED) is 0.253. The molecule has 1 rings (SSSR count). The predicted molar refractivity (Wildman–Crippen MR) is 137 cm³/mol. The van der Waals surface area contributed by atoms with E-state index in [1.165, 1.54) is 11.6 Å². The number of rotatable bonds is 13. The lowest BCUT2D eigenvalue weighted by Gasteiger charge is -2.24. The number of ketones is 1. The zero-order valence-corrected chi connectivity index (χ0v) is 21.6. The van der Waals surface area contributed by atoms with Crippen molar-refractivity contribution >= 4 is 11.8 Å². The molecule has 0 fully saturated rings. The zero-order chi connectivity index (χ0) is 25.0. The lowest BCUT2D eigenvalue weighted by Crippen LogP contribution is -2.33. The number of aliphatic hydroxyl groups is 1. The first-order chi connectivity index (χ1) is 15.6. The second-order valence-corrected chi connectivity index (χ2v) is 9.45. The fraction of sp³-hybridized carbons (Fsp3) is 0.586. The Hall–Kier alpha value is -2.20. The molecule has 0 bridgehead atoms. The molecular weight excluding hydrogens is 412 g/mol. The molecule has 1 heterocycles. The molecule has 0 aliphatic carbocycles. The number of ether oxygens (including phenoxy) is 1. The molecule has 4 heteroatoms. The molecule has 184 valence electrons. The minimum atomic E-state index is -0.592. The van der Waals surface area contributed by atoms with Crippen LogP contribution in [0.4, 0.5) is 0 Å². The second-order valence-electron chi connectivity index (χ2n) is 9.45. The molecule has 0 saturated carbocycles. The Kier molecular flexibility index (Phi) is 13.0. The number of Topliss-reactive ketones (excluding diaryl/α,β-unsaturated/α-hetero) is 1. The van der Waals surface area contributed by atoms with E-state index in [-0.39, 0.29) is 35.6 Å². The highest BCUT2D eigenvalue weighted by molar-refractivity contribution is 5.85. The number of esters is 1. The van der Waals surface area contributed by atoms with Gasteiger partial charge in [-0.25, -0.2) is 4.79 Å². The van der Waals surface area contributed by atoms with Crippen LogP contribution in [0.15, 0.2) is 59.8 Å². The van der Waals surface area contributed by atoms with Gasteiger partial charge in [-0.3, -0.25) is 4.79 Å². The summed E-state index contributed by atoms with van der Waals surface area (Å²) in [5.41, 5.74) is 2.28. The summed E-state index contributed by atoms with van der Waals surface area (Å²) in [6.45, 7) is 14.1. The molecule has 1 aliphatic heterocycles. The molecule has 0 radical (unpaired) electrons. The topological polar surface area (TPSA) is 63.6 Å².